The molecule has 1 rings (SSSR count). The van der Waals surface area contributed by atoms with Crippen molar-refractivity contribution in [1.82, 2.24) is 0 Å². The number of halogens is 1. The Kier molecular flexibility index (Phi) is 6.78. The van der Waals surface area contributed by atoms with Crippen molar-refractivity contribution < 1.29 is 22.7 Å². The number of carbonyl (C=O) groups is 1. The van der Waals surface area contributed by atoms with Crippen LogP contribution in [0.25, 0.3) is 0 Å². The Labute approximate surface area is 120 Å². The van der Waals surface area contributed by atoms with E-state index in [9.17, 15) is 13.2 Å². The lowest BCUT2D eigenvalue weighted by Crippen LogP contribution is -2.12. The number of hydrogen-bond donors (Lipinski definition) is 0. The second-order valence-electron chi connectivity index (χ2n) is 3.67. The van der Waals surface area contributed by atoms with Crippen LogP contribution in [0.2, 0.25) is 0 Å². The topological polar surface area (TPSA) is 69.7 Å². The summed E-state index contributed by atoms with van der Waals surface area (Å²) in [5.74, 6) is -0.416. The van der Waals surface area contributed by atoms with Gasteiger partial charge in [0.05, 0.1) is 13.0 Å². The smallest absolute Gasteiger partial charge is 0.311 e. The van der Waals surface area contributed by atoms with Crippen LogP contribution in [0.3, 0.4) is 0 Å². The minimum atomic E-state index is -3.73. The van der Waals surface area contributed by atoms with Crippen LogP contribution in [0.4, 0.5) is 0 Å². The molecule has 0 N–H and O–H groups in total. The third kappa shape index (κ3) is 6.38. The summed E-state index contributed by atoms with van der Waals surface area (Å²) in [7, 11) is 1.46. The molecule has 0 unspecified atom stereocenters. The number of thiophene rings is 1. The van der Waals surface area contributed by atoms with E-state index in [1.165, 1.54) is 6.07 Å². The molecule has 0 radical (unpaired) electrons. The maximum atomic E-state index is 11.5. The highest BCUT2D eigenvalue weighted by atomic mass is 35.7. The predicted octanol–water partition coefficient (Wildman–Crippen LogP) is 2.19. The summed E-state index contributed by atoms with van der Waals surface area (Å²) in [5.41, 5.74) is 0. The molecule has 0 saturated heterocycles. The average Bonchev–Trinajstić information content (AvgIpc) is 2.77. The minimum absolute atomic E-state index is 0.0308. The zero-order valence-corrected chi connectivity index (χ0v) is 12.8. The van der Waals surface area contributed by atoms with Crippen LogP contribution >= 0.6 is 22.0 Å². The fourth-order valence-corrected chi connectivity index (χ4v) is 3.35. The van der Waals surface area contributed by atoms with E-state index < -0.39 is 15.0 Å². The first-order valence-corrected chi connectivity index (χ1v) is 8.83. The zero-order valence-electron chi connectivity index (χ0n) is 10.4. The van der Waals surface area contributed by atoms with E-state index in [2.05, 4.69) is 0 Å². The Bertz CT molecular complexity index is 509. The SMILES string of the molecule is CCCOCCOC(=O)Cc1ccc(S(=O)(=O)Cl)s1. The monoisotopic (exact) mass is 326 g/mol. The molecule has 1 aromatic heterocycles. The van der Waals surface area contributed by atoms with Gasteiger partial charge in [-0.25, -0.2) is 8.42 Å². The number of carbonyl (C=O) groups excluding carboxylic acids is 1. The molecule has 1 aromatic rings. The van der Waals surface area contributed by atoms with Crippen LogP contribution in [0.15, 0.2) is 16.3 Å². The second kappa shape index (κ2) is 7.84. The number of ether oxygens (including phenoxy) is 2. The first-order valence-electron chi connectivity index (χ1n) is 5.70. The Morgan fingerprint density at radius 2 is 2.05 bits per heavy atom. The van der Waals surface area contributed by atoms with E-state index in [4.69, 9.17) is 20.2 Å². The average molecular weight is 327 g/mol. The van der Waals surface area contributed by atoms with Crippen molar-refractivity contribution in [2.24, 2.45) is 0 Å². The van der Waals surface area contributed by atoms with Crippen molar-refractivity contribution in [2.75, 3.05) is 19.8 Å². The van der Waals surface area contributed by atoms with Gasteiger partial charge in [-0.1, -0.05) is 6.92 Å². The van der Waals surface area contributed by atoms with Gasteiger partial charge in [0.15, 0.2) is 0 Å². The third-order valence-corrected chi connectivity index (χ3v) is 5.21. The van der Waals surface area contributed by atoms with Crippen molar-refractivity contribution in [2.45, 2.75) is 24.0 Å². The van der Waals surface area contributed by atoms with Gasteiger partial charge in [0.2, 0.25) is 0 Å². The van der Waals surface area contributed by atoms with Crippen molar-refractivity contribution in [3.8, 4) is 0 Å². The summed E-state index contributed by atoms with van der Waals surface area (Å²) in [6, 6.07) is 2.93. The molecule has 0 saturated carbocycles. The fourth-order valence-electron chi connectivity index (χ4n) is 1.24. The molecular weight excluding hydrogens is 312 g/mol. The summed E-state index contributed by atoms with van der Waals surface area (Å²) in [5, 5.41) is 0. The molecule has 108 valence electrons. The Morgan fingerprint density at radius 1 is 1.32 bits per heavy atom. The molecule has 0 atom stereocenters. The van der Waals surface area contributed by atoms with E-state index >= 15 is 0 Å². The molecule has 0 spiro atoms. The molecule has 0 fully saturated rings. The van der Waals surface area contributed by atoms with E-state index in [0.717, 1.165) is 17.8 Å². The molecule has 0 aliphatic heterocycles. The van der Waals surface area contributed by atoms with Crippen LogP contribution in [0.5, 0.6) is 0 Å². The van der Waals surface area contributed by atoms with Crippen molar-refractivity contribution in [3.63, 3.8) is 0 Å². The predicted molar refractivity (Wildman–Crippen MR) is 73.1 cm³/mol. The van der Waals surface area contributed by atoms with Gasteiger partial charge in [0.25, 0.3) is 9.05 Å². The van der Waals surface area contributed by atoms with E-state index in [1.54, 1.807) is 6.07 Å². The molecule has 0 aliphatic rings. The van der Waals surface area contributed by atoms with Crippen molar-refractivity contribution >= 4 is 37.0 Å². The standard InChI is InChI=1S/C11H15ClO5S2/c1-2-5-16-6-7-17-10(13)8-9-3-4-11(18-9)19(12,14)15/h3-4H,2,5-8H2,1H3. The van der Waals surface area contributed by atoms with Gasteiger partial charge in [-0.05, 0) is 18.6 Å². The lowest BCUT2D eigenvalue weighted by molar-refractivity contribution is -0.144. The van der Waals surface area contributed by atoms with E-state index in [-0.39, 0.29) is 17.2 Å². The zero-order chi connectivity index (χ0) is 14.3. The molecule has 0 aliphatic carbocycles. The summed E-state index contributed by atoms with van der Waals surface area (Å²) >= 11 is 0.963. The second-order valence-corrected chi connectivity index (χ2v) is 7.63. The van der Waals surface area contributed by atoms with Crippen LogP contribution in [0.1, 0.15) is 18.2 Å². The number of rotatable bonds is 8. The quantitative estimate of drug-likeness (QED) is 0.416. The summed E-state index contributed by atoms with van der Waals surface area (Å²) in [6.07, 6.45) is 0.948. The summed E-state index contributed by atoms with van der Waals surface area (Å²) < 4.78 is 32.2. The van der Waals surface area contributed by atoms with Crippen molar-refractivity contribution in [3.05, 3.63) is 17.0 Å². The van der Waals surface area contributed by atoms with Gasteiger partial charge in [-0.3, -0.25) is 4.79 Å². The molecule has 0 amide bonds. The maximum Gasteiger partial charge on any atom is 0.311 e. The summed E-state index contributed by atoms with van der Waals surface area (Å²) in [4.78, 5) is 12.0. The summed E-state index contributed by atoms with van der Waals surface area (Å²) in [6.45, 7) is 3.20. The Morgan fingerprint density at radius 3 is 2.63 bits per heavy atom. The maximum absolute atomic E-state index is 11.5. The van der Waals surface area contributed by atoms with Crippen LogP contribution in [-0.2, 0) is 29.7 Å². The molecule has 8 heteroatoms. The molecule has 1 heterocycles. The molecular formula is C11H15ClO5S2. The molecule has 19 heavy (non-hydrogen) atoms. The highest BCUT2D eigenvalue weighted by Crippen LogP contribution is 2.25. The van der Waals surface area contributed by atoms with Gasteiger partial charge in [0, 0.05) is 22.2 Å². The number of esters is 1. The van der Waals surface area contributed by atoms with Crippen LogP contribution in [0, 0.1) is 0 Å². The van der Waals surface area contributed by atoms with Gasteiger partial charge in [0.1, 0.15) is 10.8 Å². The molecule has 5 nitrogen and oxygen atoms in total. The highest BCUT2D eigenvalue weighted by Gasteiger charge is 2.15. The van der Waals surface area contributed by atoms with Crippen LogP contribution in [-0.4, -0.2) is 34.2 Å². The molecule has 0 bridgehead atoms. The Balaban J connectivity index is 2.35. The third-order valence-electron chi connectivity index (χ3n) is 2.04. The van der Waals surface area contributed by atoms with E-state index in [0.29, 0.717) is 18.1 Å². The first-order chi connectivity index (χ1) is 8.93. The van der Waals surface area contributed by atoms with Gasteiger partial charge in [-0.15, -0.1) is 11.3 Å². The Hall–Kier alpha value is -0.630. The minimum Gasteiger partial charge on any atom is -0.463 e. The van der Waals surface area contributed by atoms with E-state index in [1.807, 2.05) is 6.92 Å². The first kappa shape index (κ1) is 16.4. The fraction of sp³-hybridized carbons (Fsp3) is 0.545. The van der Waals surface area contributed by atoms with Gasteiger partial charge in [-0.2, -0.15) is 0 Å². The van der Waals surface area contributed by atoms with Gasteiger partial charge < -0.3 is 9.47 Å². The molecule has 0 aromatic carbocycles. The highest BCUT2D eigenvalue weighted by molar-refractivity contribution is 8.15. The van der Waals surface area contributed by atoms with Gasteiger partial charge >= 0.3 is 5.97 Å². The van der Waals surface area contributed by atoms with Crippen molar-refractivity contribution in [1.29, 1.82) is 0 Å². The number of hydrogen-bond acceptors (Lipinski definition) is 6. The van der Waals surface area contributed by atoms with Crippen LogP contribution < -0.4 is 0 Å². The normalized spacial score (nSPS) is 11.5. The lowest BCUT2D eigenvalue weighted by atomic mass is 10.3. The lowest BCUT2D eigenvalue weighted by Gasteiger charge is -2.04. The largest absolute Gasteiger partial charge is 0.463 e.